The summed E-state index contributed by atoms with van der Waals surface area (Å²) >= 11 is 0. The fraction of sp³-hybridized carbons (Fsp3) is 0.0870. The Labute approximate surface area is 171 Å². The quantitative estimate of drug-likeness (QED) is 0.476. The molecule has 0 radical (unpaired) electrons. The Morgan fingerprint density at radius 1 is 0.933 bits per heavy atom. The lowest BCUT2D eigenvalue weighted by molar-refractivity contribution is -0.116. The average Bonchev–Trinajstić information content (AvgIpc) is 3.26. The molecule has 0 saturated carbocycles. The van der Waals surface area contributed by atoms with Crippen molar-refractivity contribution in [3.8, 4) is 22.8 Å². The van der Waals surface area contributed by atoms with E-state index >= 15 is 0 Å². The second kappa shape index (κ2) is 8.65. The summed E-state index contributed by atoms with van der Waals surface area (Å²) in [6.07, 6.45) is 0.427. The molecule has 0 aliphatic heterocycles. The van der Waals surface area contributed by atoms with Crippen LogP contribution in [0.1, 0.15) is 12.0 Å². The van der Waals surface area contributed by atoms with Crippen LogP contribution in [-0.2, 0) is 11.2 Å². The van der Waals surface area contributed by atoms with Gasteiger partial charge in [-0.1, -0.05) is 48.5 Å². The number of nitrogens with zero attached hydrogens (tertiary/aromatic N) is 2. The van der Waals surface area contributed by atoms with E-state index in [-0.39, 0.29) is 12.3 Å². The second-order valence-corrected chi connectivity index (χ2v) is 6.72. The normalized spacial score (nSPS) is 10.7. The van der Waals surface area contributed by atoms with Crippen molar-refractivity contribution in [2.45, 2.75) is 12.8 Å². The summed E-state index contributed by atoms with van der Waals surface area (Å²) in [5.74, 6) is -0.970. The van der Waals surface area contributed by atoms with E-state index < -0.39 is 11.6 Å². The molecule has 0 fully saturated rings. The van der Waals surface area contributed by atoms with Crippen LogP contribution in [0, 0.1) is 11.6 Å². The minimum Gasteiger partial charge on any atom is -0.325 e. The molecule has 1 heterocycles. The Balaban J connectivity index is 1.47. The predicted molar refractivity (Wildman–Crippen MR) is 111 cm³/mol. The zero-order valence-corrected chi connectivity index (χ0v) is 15.9. The Kier molecular flexibility index (Phi) is 5.61. The molecule has 0 unspecified atom stereocenters. The Morgan fingerprint density at radius 2 is 1.70 bits per heavy atom. The van der Waals surface area contributed by atoms with Gasteiger partial charge in [0.1, 0.15) is 0 Å². The van der Waals surface area contributed by atoms with Gasteiger partial charge in [0.25, 0.3) is 0 Å². The molecule has 0 bridgehead atoms. The van der Waals surface area contributed by atoms with Crippen molar-refractivity contribution in [1.82, 2.24) is 15.2 Å². The highest BCUT2D eigenvalue weighted by Crippen LogP contribution is 2.27. The maximum Gasteiger partial charge on any atom is 0.224 e. The second-order valence-electron chi connectivity index (χ2n) is 6.72. The summed E-state index contributed by atoms with van der Waals surface area (Å²) in [4.78, 5) is 17.0. The van der Waals surface area contributed by atoms with E-state index in [9.17, 15) is 13.6 Å². The van der Waals surface area contributed by atoms with Crippen molar-refractivity contribution in [3.05, 3.63) is 90.0 Å². The number of rotatable bonds is 6. The zero-order valence-electron chi connectivity index (χ0n) is 15.9. The summed E-state index contributed by atoms with van der Waals surface area (Å²) in [6.45, 7) is 0. The molecule has 0 aliphatic carbocycles. The van der Waals surface area contributed by atoms with E-state index in [2.05, 4.69) is 20.5 Å². The number of H-pyrrole nitrogens is 1. The van der Waals surface area contributed by atoms with Crippen molar-refractivity contribution in [2.75, 3.05) is 5.32 Å². The predicted octanol–water partition coefficient (Wildman–Crippen LogP) is 4.99. The van der Waals surface area contributed by atoms with E-state index in [1.807, 2.05) is 48.5 Å². The number of amides is 1. The van der Waals surface area contributed by atoms with E-state index in [1.54, 1.807) is 6.07 Å². The van der Waals surface area contributed by atoms with Gasteiger partial charge in [0.15, 0.2) is 23.3 Å². The monoisotopic (exact) mass is 404 g/mol. The first-order valence-electron chi connectivity index (χ1n) is 9.41. The number of aromatic amines is 1. The number of benzene rings is 3. The van der Waals surface area contributed by atoms with Crippen LogP contribution in [0.5, 0.6) is 0 Å². The van der Waals surface area contributed by atoms with Crippen LogP contribution in [-0.4, -0.2) is 21.1 Å². The van der Waals surface area contributed by atoms with Gasteiger partial charge in [0.05, 0.1) is 5.69 Å². The largest absolute Gasteiger partial charge is 0.325 e. The van der Waals surface area contributed by atoms with Gasteiger partial charge in [-0.25, -0.2) is 13.8 Å². The highest BCUT2D eigenvalue weighted by molar-refractivity contribution is 5.94. The highest BCUT2D eigenvalue weighted by atomic mass is 19.2. The lowest BCUT2D eigenvalue weighted by Crippen LogP contribution is -2.13. The number of hydrogen-bond acceptors (Lipinski definition) is 3. The summed E-state index contributed by atoms with van der Waals surface area (Å²) < 4.78 is 26.4. The van der Waals surface area contributed by atoms with Crippen LogP contribution in [0.3, 0.4) is 0 Å². The van der Waals surface area contributed by atoms with Crippen LogP contribution in [0.25, 0.3) is 22.8 Å². The van der Waals surface area contributed by atoms with Gasteiger partial charge in [-0.05, 0) is 36.2 Å². The van der Waals surface area contributed by atoms with Gasteiger partial charge < -0.3 is 5.32 Å². The molecule has 0 aliphatic rings. The average molecular weight is 404 g/mol. The molecular weight excluding hydrogens is 386 g/mol. The van der Waals surface area contributed by atoms with Crippen LogP contribution in [0.2, 0.25) is 0 Å². The summed E-state index contributed by atoms with van der Waals surface area (Å²) in [7, 11) is 0. The molecule has 7 heteroatoms. The van der Waals surface area contributed by atoms with E-state index in [1.165, 1.54) is 6.07 Å². The number of nitrogens with one attached hydrogen (secondary N) is 2. The van der Waals surface area contributed by atoms with Gasteiger partial charge in [-0.15, -0.1) is 0 Å². The van der Waals surface area contributed by atoms with Gasteiger partial charge in [-0.3, -0.25) is 9.89 Å². The molecule has 150 valence electrons. The molecule has 0 atom stereocenters. The van der Waals surface area contributed by atoms with Gasteiger partial charge in [-0.2, -0.15) is 5.10 Å². The molecule has 5 nitrogen and oxygen atoms in total. The number of anilines is 1. The van der Waals surface area contributed by atoms with Gasteiger partial charge >= 0.3 is 0 Å². The Bertz CT molecular complexity index is 1170. The Hall–Kier alpha value is -3.87. The third-order valence-electron chi connectivity index (χ3n) is 4.60. The number of para-hydroxylation sites is 1. The van der Waals surface area contributed by atoms with E-state index in [0.717, 1.165) is 17.7 Å². The summed E-state index contributed by atoms with van der Waals surface area (Å²) in [6, 6.07) is 20.5. The third kappa shape index (κ3) is 4.41. The molecular formula is C23H18F2N4O. The van der Waals surface area contributed by atoms with Gasteiger partial charge in [0, 0.05) is 17.5 Å². The first-order chi connectivity index (χ1) is 14.6. The number of halogens is 2. The molecule has 4 aromatic rings. The molecule has 4 rings (SSSR count). The van der Waals surface area contributed by atoms with Crippen molar-refractivity contribution in [2.24, 2.45) is 0 Å². The standard InChI is InChI=1S/C23H18F2N4O/c24-18-12-10-15(14-19(18)25)11-13-21(30)26-20-9-5-4-8-17(20)23-27-22(28-29-23)16-6-2-1-3-7-16/h1-10,12,14H,11,13H2,(H,26,30)(H,27,28,29). The van der Waals surface area contributed by atoms with Crippen LogP contribution in [0.15, 0.2) is 72.8 Å². The van der Waals surface area contributed by atoms with Crippen LogP contribution in [0.4, 0.5) is 14.5 Å². The van der Waals surface area contributed by atoms with Crippen molar-refractivity contribution in [1.29, 1.82) is 0 Å². The Morgan fingerprint density at radius 3 is 2.50 bits per heavy atom. The minimum absolute atomic E-state index is 0.130. The highest BCUT2D eigenvalue weighted by Gasteiger charge is 2.13. The fourth-order valence-electron chi connectivity index (χ4n) is 3.06. The third-order valence-corrected chi connectivity index (χ3v) is 4.60. The number of aryl methyl sites for hydroxylation is 1. The number of carbonyl (C=O) groups excluding carboxylic acids is 1. The SMILES string of the molecule is O=C(CCc1ccc(F)c(F)c1)Nc1ccccc1-c1nc(-c2ccccc2)n[nH]1. The number of aromatic nitrogens is 3. The molecule has 3 aromatic carbocycles. The zero-order chi connectivity index (χ0) is 20.9. The van der Waals surface area contributed by atoms with E-state index in [0.29, 0.717) is 34.9 Å². The maximum atomic E-state index is 13.3. The molecule has 1 aromatic heterocycles. The molecule has 30 heavy (non-hydrogen) atoms. The maximum absolute atomic E-state index is 13.3. The summed E-state index contributed by atoms with van der Waals surface area (Å²) in [5.41, 5.74) is 2.73. The van der Waals surface area contributed by atoms with Crippen LogP contribution >= 0.6 is 0 Å². The molecule has 0 saturated heterocycles. The topological polar surface area (TPSA) is 70.7 Å². The number of carbonyl (C=O) groups is 1. The molecule has 2 N–H and O–H groups in total. The molecule has 0 spiro atoms. The van der Waals surface area contributed by atoms with Crippen molar-refractivity contribution in [3.63, 3.8) is 0 Å². The minimum atomic E-state index is -0.919. The van der Waals surface area contributed by atoms with Crippen molar-refractivity contribution >= 4 is 11.6 Å². The van der Waals surface area contributed by atoms with Crippen molar-refractivity contribution < 1.29 is 13.6 Å². The first-order valence-corrected chi connectivity index (χ1v) is 9.41. The number of hydrogen-bond donors (Lipinski definition) is 2. The first kappa shape index (κ1) is 19.4. The fourth-order valence-corrected chi connectivity index (χ4v) is 3.06. The van der Waals surface area contributed by atoms with Crippen LogP contribution < -0.4 is 5.32 Å². The summed E-state index contributed by atoms with van der Waals surface area (Å²) in [5, 5.41) is 10.0. The smallest absolute Gasteiger partial charge is 0.224 e. The molecule has 1 amide bonds. The lowest BCUT2D eigenvalue weighted by atomic mass is 10.1. The van der Waals surface area contributed by atoms with E-state index in [4.69, 9.17) is 0 Å². The lowest BCUT2D eigenvalue weighted by Gasteiger charge is -2.09. The van der Waals surface area contributed by atoms with Gasteiger partial charge in [0.2, 0.25) is 5.91 Å².